The Labute approximate surface area is 160 Å². The largest absolute Gasteiger partial charge is 0.381 e. The SMILES string of the molecule is CN1N=C(C(=O)N2CCC[C@H](Nc3ccc(N(C)C)nc3)CC2)CCC1=O. The van der Waals surface area contributed by atoms with Crippen molar-refractivity contribution in [2.45, 2.75) is 38.1 Å². The standard InChI is InChI=1S/C19H28N6O2/c1-23(2)17-8-6-15(13-20-17)21-14-5-4-11-25(12-10-14)19(27)16-7-9-18(26)24(3)22-16/h6,8,13-14,21H,4-5,7,9-12H2,1-3H3/t14-/m0/s1. The summed E-state index contributed by atoms with van der Waals surface area (Å²) in [6.45, 7) is 1.42. The molecular weight excluding hydrogens is 344 g/mol. The van der Waals surface area contributed by atoms with Crippen molar-refractivity contribution in [1.29, 1.82) is 0 Å². The monoisotopic (exact) mass is 372 g/mol. The summed E-state index contributed by atoms with van der Waals surface area (Å²) in [6, 6.07) is 4.35. The van der Waals surface area contributed by atoms with Gasteiger partial charge in [-0.25, -0.2) is 9.99 Å². The second kappa shape index (κ2) is 8.37. The number of likely N-dealkylation sites (tertiary alicyclic amines) is 1. The van der Waals surface area contributed by atoms with E-state index < -0.39 is 0 Å². The highest BCUT2D eigenvalue weighted by atomic mass is 16.2. The van der Waals surface area contributed by atoms with Gasteiger partial charge in [0.1, 0.15) is 11.5 Å². The molecule has 0 bridgehead atoms. The molecule has 0 saturated carbocycles. The van der Waals surface area contributed by atoms with Gasteiger partial charge in [-0.3, -0.25) is 9.59 Å². The van der Waals surface area contributed by atoms with Crippen LogP contribution in [0.5, 0.6) is 0 Å². The first-order chi connectivity index (χ1) is 12.9. The van der Waals surface area contributed by atoms with Crippen molar-refractivity contribution in [3.63, 3.8) is 0 Å². The van der Waals surface area contributed by atoms with Crippen molar-refractivity contribution in [1.82, 2.24) is 14.9 Å². The zero-order chi connectivity index (χ0) is 19.4. The van der Waals surface area contributed by atoms with E-state index >= 15 is 0 Å². The normalized spacial score (nSPS) is 20.8. The molecule has 0 aromatic carbocycles. The van der Waals surface area contributed by atoms with Gasteiger partial charge in [0.15, 0.2) is 0 Å². The number of rotatable bonds is 4. The lowest BCUT2D eigenvalue weighted by Crippen LogP contribution is -2.41. The summed E-state index contributed by atoms with van der Waals surface area (Å²) < 4.78 is 0. The first-order valence-corrected chi connectivity index (χ1v) is 9.47. The van der Waals surface area contributed by atoms with Gasteiger partial charge in [0.25, 0.3) is 5.91 Å². The van der Waals surface area contributed by atoms with Crippen LogP contribution in [0.25, 0.3) is 0 Å². The fourth-order valence-electron chi connectivity index (χ4n) is 3.42. The van der Waals surface area contributed by atoms with E-state index in [1.54, 1.807) is 7.05 Å². The molecule has 1 saturated heterocycles. The number of anilines is 2. The highest BCUT2D eigenvalue weighted by molar-refractivity contribution is 6.39. The minimum Gasteiger partial charge on any atom is -0.381 e. The number of nitrogens with one attached hydrogen (secondary N) is 1. The van der Waals surface area contributed by atoms with E-state index in [1.807, 2.05) is 42.2 Å². The average molecular weight is 372 g/mol. The summed E-state index contributed by atoms with van der Waals surface area (Å²) in [6.07, 6.45) is 5.47. The molecule has 0 radical (unpaired) electrons. The van der Waals surface area contributed by atoms with E-state index in [0.717, 1.165) is 37.3 Å². The molecule has 27 heavy (non-hydrogen) atoms. The number of carbonyl (C=O) groups is 2. The van der Waals surface area contributed by atoms with Crippen LogP contribution in [-0.2, 0) is 9.59 Å². The van der Waals surface area contributed by atoms with Gasteiger partial charge in [-0.2, -0.15) is 5.10 Å². The molecule has 2 amide bonds. The molecule has 3 heterocycles. The van der Waals surface area contributed by atoms with Crippen LogP contribution in [-0.4, -0.2) is 72.7 Å². The molecule has 146 valence electrons. The van der Waals surface area contributed by atoms with Crippen LogP contribution < -0.4 is 10.2 Å². The predicted molar refractivity (Wildman–Crippen MR) is 106 cm³/mol. The number of hydrogen-bond donors (Lipinski definition) is 1. The van der Waals surface area contributed by atoms with Crippen molar-refractivity contribution in [3.8, 4) is 0 Å². The van der Waals surface area contributed by atoms with Gasteiger partial charge in [-0.05, 0) is 31.4 Å². The van der Waals surface area contributed by atoms with Crippen LogP contribution in [0.4, 0.5) is 11.5 Å². The van der Waals surface area contributed by atoms with E-state index in [2.05, 4.69) is 15.4 Å². The Balaban J connectivity index is 1.56. The molecular formula is C19H28N6O2. The molecule has 8 nitrogen and oxygen atoms in total. The maximum atomic E-state index is 12.7. The van der Waals surface area contributed by atoms with E-state index in [9.17, 15) is 9.59 Å². The van der Waals surface area contributed by atoms with Gasteiger partial charge >= 0.3 is 0 Å². The van der Waals surface area contributed by atoms with E-state index in [-0.39, 0.29) is 11.8 Å². The molecule has 2 aliphatic rings. The Morgan fingerprint density at radius 3 is 2.70 bits per heavy atom. The lowest BCUT2D eigenvalue weighted by Gasteiger charge is -2.25. The highest BCUT2D eigenvalue weighted by Gasteiger charge is 2.27. The number of hydrazone groups is 1. The Hall–Kier alpha value is -2.64. The zero-order valence-corrected chi connectivity index (χ0v) is 16.3. The Kier molecular flexibility index (Phi) is 5.93. The Morgan fingerprint density at radius 2 is 2.04 bits per heavy atom. The van der Waals surface area contributed by atoms with Crippen LogP contribution in [0.2, 0.25) is 0 Å². The van der Waals surface area contributed by atoms with Crippen LogP contribution in [0.3, 0.4) is 0 Å². The van der Waals surface area contributed by atoms with Gasteiger partial charge in [0, 0.05) is 53.1 Å². The number of pyridine rings is 1. The summed E-state index contributed by atoms with van der Waals surface area (Å²) in [5.41, 5.74) is 1.49. The minimum absolute atomic E-state index is 0.0352. The van der Waals surface area contributed by atoms with Gasteiger partial charge in [0.2, 0.25) is 5.91 Å². The van der Waals surface area contributed by atoms with Crippen LogP contribution in [0.1, 0.15) is 32.1 Å². The van der Waals surface area contributed by atoms with Gasteiger partial charge in [0.05, 0.1) is 11.9 Å². The van der Waals surface area contributed by atoms with Crippen LogP contribution in [0, 0.1) is 0 Å². The molecule has 1 N–H and O–H groups in total. The topological polar surface area (TPSA) is 81.1 Å². The van der Waals surface area contributed by atoms with E-state index in [4.69, 9.17) is 0 Å². The number of nitrogens with zero attached hydrogens (tertiary/aromatic N) is 5. The molecule has 0 unspecified atom stereocenters. The van der Waals surface area contributed by atoms with E-state index in [1.165, 1.54) is 5.01 Å². The van der Waals surface area contributed by atoms with Gasteiger partial charge < -0.3 is 15.1 Å². The maximum Gasteiger partial charge on any atom is 0.270 e. The number of hydrogen-bond acceptors (Lipinski definition) is 6. The maximum absolute atomic E-state index is 12.7. The number of carbonyl (C=O) groups excluding carboxylic acids is 2. The highest BCUT2D eigenvalue weighted by Crippen LogP contribution is 2.19. The third-order valence-electron chi connectivity index (χ3n) is 5.05. The van der Waals surface area contributed by atoms with Crippen molar-refractivity contribution in [2.75, 3.05) is 44.4 Å². The average Bonchev–Trinajstić information content (AvgIpc) is 2.89. The molecule has 1 aromatic heterocycles. The number of amides is 2. The quantitative estimate of drug-likeness (QED) is 0.867. The lowest BCUT2D eigenvalue weighted by atomic mass is 10.1. The Morgan fingerprint density at radius 1 is 1.22 bits per heavy atom. The van der Waals surface area contributed by atoms with Crippen molar-refractivity contribution < 1.29 is 9.59 Å². The Bertz CT molecular complexity index is 715. The van der Waals surface area contributed by atoms with Crippen LogP contribution >= 0.6 is 0 Å². The molecule has 1 fully saturated rings. The second-order valence-electron chi connectivity index (χ2n) is 7.33. The van der Waals surface area contributed by atoms with Crippen LogP contribution in [0.15, 0.2) is 23.4 Å². The summed E-state index contributed by atoms with van der Waals surface area (Å²) in [4.78, 5) is 32.6. The third-order valence-corrected chi connectivity index (χ3v) is 5.05. The zero-order valence-electron chi connectivity index (χ0n) is 16.3. The first-order valence-electron chi connectivity index (χ1n) is 9.47. The lowest BCUT2D eigenvalue weighted by molar-refractivity contribution is -0.130. The van der Waals surface area contributed by atoms with Gasteiger partial charge in [-0.15, -0.1) is 0 Å². The van der Waals surface area contributed by atoms with Gasteiger partial charge in [-0.1, -0.05) is 0 Å². The molecule has 1 aromatic rings. The molecule has 8 heteroatoms. The summed E-state index contributed by atoms with van der Waals surface area (Å²) in [5.74, 6) is 0.850. The first kappa shape index (κ1) is 19.1. The van der Waals surface area contributed by atoms with Crippen molar-refractivity contribution >= 4 is 29.0 Å². The molecule has 0 aliphatic carbocycles. The smallest absolute Gasteiger partial charge is 0.270 e. The predicted octanol–water partition coefficient (Wildman–Crippen LogP) is 1.55. The molecule has 2 aliphatic heterocycles. The fourth-order valence-corrected chi connectivity index (χ4v) is 3.42. The summed E-state index contributed by atoms with van der Waals surface area (Å²) >= 11 is 0. The third kappa shape index (κ3) is 4.75. The van der Waals surface area contributed by atoms with Crippen molar-refractivity contribution in [2.24, 2.45) is 5.10 Å². The van der Waals surface area contributed by atoms with E-state index in [0.29, 0.717) is 31.1 Å². The summed E-state index contributed by atoms with van der Waals surface area (Å²) in [5, 5.41) is 8.98. The number of aromatic nitrogens is 1. The molecule has 0 spiro atoms. The molecule has 1 atom stereocenters. The second-order valence-corrected chi connectivity index (χ2v) is 7.33. The fraction of sp³-hybridized carbons (Fsp3) is 0.579. The molecule has 3 rings (SSSR count). The van der Waals surface area contributed by atoms with Crippen molar-refractivity contribution in [3.05, 3.63) is 18.3 Å². The summed E-state index contributed by atoms with van der Waals surface area (Å²) in [7, 11) is 5.54. The minimum atomic E-state index is -0.0411.